The van der Waals surface area contributed by atoms with Crippen LogP contribution in [-0.2, 0) is 17.9 Å². The molecule has 2 saturated carbocycles. The third-order valence-electron chi connectivity index (χ3n) is 5.86. The second-order valence-electron chi connectivity index (χ2n) is 8.31. The van der Waals surface area contributed by atoms with E-state index < -0.39 is 11.8 Å². The predicted octanol–water partition coefficient (Wildman–Crippen LogP) is 4.27. The maximum atomic E-state index is 13.8. The van der Waals surface area contributed by atoms with Crippen molar-refractivity contribution in [3.8, 4) is 5.75 Å². The van der Waals surface area contributed by atoms with Crippen molar-refractivity contribution >= 4 is 16.8 Å². The lowest BCUT2D eigenvalue weighted by Gasteiger charge is -2.11. The summed E-state index contributed by atoms with van der Waals surface area (Å²) in [5, 5.41) is 7.55. The molecular formula is C21H21F2N3O3. The van der Waals surface area contributed by atoms with Gasteiger partial charge >= 0.3 is 0 Å². The summed E-state index contributed by atoms with van der Waals surface area (Å²) in [6, 6.07) is 7.05. The highest BCUT2D eigenvalue weighted by atomic mass is 19.3. The highest BCUT2D eigenvalue weighted by molar-refractivity contribution is 5.86. The van der Waals surface area contributed by atoms with Crippen LogP contribution < -0.4 is 10.1 Å². The van der Waals surface area contributed by atoms with Crippen LogP contribution in [0.2, 0.25) is 0 Å². The second-order valence-corrected chi connectivity index (χ2v) is 8.31. The van der Waals surface area contributed by atoms with E-state index in [2.05, 4.69) is 15.5 Å². The number of aromatic amines is 1. The Morgan fingerprint density at radius 1 is 1.38 bits per heavy atom. The molecule has 2 N–H and O–H groups in total. The fourth-order valence-corrected chi connectivity index (χ4v) is 3.55. The van der Waals surface area contributed by atoms with Gasteiger partial charge < -0.3 is 19.6 Å². The van der Waals surface area contributed by atoms with Crippen LogP contribution in [0.4, 0.5) is 8.78 Å². The summed E-state index contributed by atoms with van der Waals surface area (Å²) in [7, 11) is 0. The van der Waals surface area contributed by atoms with Crippen molar-refractivity contribution in [2.45, 2.75) is 51.2 Å². The van der Waals surface area contributed by atoms with E-state index in [0.717, 1.165) is 29.4 Å². The minimum Gasteiger partial charge on any atom is -0.487 e. The van der Waals surface area contributed by atoms with Gasteiger partial charge in [0, 0.05) is 46.1 Å². The van der Waals surface area contributed by atoms with Crippen LogP contribution in [-0.4, -0.2) is 22.0 Å². The zero-order chi connectivity index (χ0) is 20.2. The number of aromatic nitrogens is 2. The number of amides is 1. The molecule has 2 aliphatic carbocycles. The van der Waals surface area contributed by atoms with Crippen molar-refractivity contribution in [3.05, 3.63) is 47.5 Å². The predicted molar refractivity (Wildman–Crippen MR) is 101 cm³/mol. The molecule has 6 nitrogen and oxygen atoms in total. The molecular weight excluding hydrogens is 380 g/mol. The quantitative estimate of drug-likeness (QED) is 0.620. The van der Waals surface area contributed by atoms with E-state index >= 15 is 0 Å². The number of benzene rings is 1. The Hall–Kier alpha value is -2.90. The third kappa shape index (κ3) is 3.47. The number of nitrogens with zero attached hydrogens (tertiary/aromatic N) is 1. The summed E-state index contributed by atoms with van der Waals surface area (Å²) in [4.78, 5) is 15.4. The van der Waals surface area contributed by atoms with Gasteiger partial charge in [-0.05, 0) is 25.0 Å². The Kier molecular flexibility index (Phi) is 3.94. The Balaban J connectivity index is 1.39. The lowest BCUT2D eigenvalue weighted by Crippen LogP contribution is -2.29. The molecule has 1 aromatic carbocycles. The van der Waals surface area contributed by atoms with E-state index in [1.807, 2.05) is 13.0 Å². The lowest BCUT2D eigenvalue weighted by molar-refractivity contribution is -0.125. The van der Waals surface area contributed by atoms with Gasteiger partial charge in [-0.15, -0.1) is 0 Å². The molecule has 1 atom stereocenters. The molecule has 2 heterocycles. The summed E-state index contributed by atoms with van der Waals surface area (Å²) in [6.45, 7) is 2.46. The highest BCUT2D eigenvalue weighted by Crippen LogP contribution is 2.58. The first kappa shape index (κ1) is 18.1. The minimum atomic E-state index is -2.70. The van der Waals surface area contributed by atoms with Gasteiger partial charge in [0.25, 0.3) is 5.92 Å². The zero-order valence-electron chi connectivity index (χ0n) is 15.9. The molecule has 0 saturated heterocycles. The summed E-state index contributed by atoms with van der Waals surface area (Å²) in [5.74, 6) is -3.09. The van der Waals surface area contributed by atoms with Crippen LogP contribution in [0, 0.1) is 5.41 Å². The van der Waals surface area contributed by atoms with Crippen LogP contribution >= 0.6 is 0 Å². The molecule has 0 radical (unpaired) electrons. The number of carbonyl (C=O) groups excluding carboxylic acids is 1. The van der Waals surface area contributed by atoms with E-state index in [4.69, 9.17) is 9.26 Å². The second kappa shape index (κ2) is 6.30. The number of alkyl halides is 2. The van der Waals surface area contributed by atoms with Gasteiger partial charge in [0.2, 0.25) is 5.91 Å². The minimum absolute atomic E-state index is 0.0473. The summed E-state index contributed by atoms with van der Waals surface area (Å²) >= 11 is 0. The van der Waals surface area contributed by atoms with Gasteiger partial charge in [0.15, 0.2) is 0 Å². The molecule has 5 rings (SSSR count). The number of halogens is 2. The molecule has 1 amide bonds. The van der Waals surface area contributed by atoms with Crippen LogP contribution in [0.15, 0.2) is 35.1 Å². The molecule has 2 aromatic heterocycles. The molecule has 8 heteroatoms. The maximum absolute atomic E-state index is 13.8. The van der Waals surface area contributed by atoms with Gasteiger partial charge in [0.1, 0.15) is 24.3 Å². The van der Waals surface area contributed by atoms with Crippen molar-refractivity contribution in [2.24, 2.45) is 5.41 Å². The zero-order valence-corrected chi connectivity index (χ0v) is 15.9. The molecule has 0 aliphatic heterocycles. The molecule has 152 valence electrons. The van der Waals surface area contributed by atoms with Gasteiger partial charge in [-0.25, -0.2) is 8.78 Å². The van der Waals surface area contributed by atoms with Crippen LogP contribution in [0.5, 0.6) is 5.75 Å². The lowest BCUT2D eigenvalue weighted by atomic mass is 10.1. The number of fused-ring (bicyclic) bond motifs is 1. The van der Waals surface area contributed by atoms with Crippen molar-refractivity contribution in [1.29, 1.82) is 0 Å². The van der Waals surface area contributed by atoms with E-state index in [1.165, 1.54) is 6.26 Å². The SMILES string of the molecule is CC1(C(=O)NCc2cc3cc([C@H]4CC4(F)F)c(OCc4ccon4)cc3[nH]2)CC1. The number of nitrogens with one attached hydrogen (secondary N) is 2. The number of carbonyl (C=O) groups is 1. The Labute approximate surface area is 165 Å². The number of H-pyrrole nitrogens is 1. The largest absolute Gasteiger partial charge is 0.487 e. The molecule has 3 aromatic rings. The number of ether oxygens (including phenoxy) is 1. The van der Waals surface area contributed by atoms with E-state index in [-0.39, 0.29) is 24.3 Å². The average molecular weight is 401 g/mol. The van der Waals surface area contributed by atoms with Gasteiger partial charge in [-0.1, -0.05) is 12.1 Å². The Morgan fingerprint density at radius 3 is 2.83 bits per heavy atom. The topological polar surface area (TPSA) is 80.2 Å². The van der Waals surface area contributed by atoms with Crippen LogP contribution in [0.3, 0.4) is 0 Å². The van der Waals surface area contributed by atoms with E-state index in [9.17, 15) is 13.6 Å². The van der Waals surface area contributed by atoms with Crippen molar-refractivity contribution in [1.82, 2.24) is 15.5 Å². The monoisotopic (exact) mass is 401 g/mol. The molecule has 29 heavy (non-hydrogen) atoms. The summed E-state index contributed by atoms with van der Waals surface area (Å²) < 4.78 is 38.1. The third-order valence-corrected chi connectivity index (χ3v) is 5.86. The summed E-state index contributed by atoms with van der Waals surface area (Å²) in [5.41, 5.74) is 2.43. The molecule has 2 fully saturated rings. The first-order valence-corrected chi connectivity index (χ1v) is 9.68. The molecule has 0 bridgehead atoms. The van der Waals surface area contributed by atoms with E-state index in [0.29, 0.717) is 23.6 Å². The number of hydrogen-bond donors (Lipinski definition) is 2. The Bertz CT molecular complexity index is 1070. The van der Waals surface area contributed by atoms with Crippen LogP contribution in [0.25, 0.3) is 10.9 Å². The first-order valence-electron chi connectivity index (χ1n) is 9.68. The standard InChI is InChI=1S/C21H21F2N3O3/c1-20(3-4-20)19(27)24-10-14-6-12-7-15(16-9-21(16,22)23)18(8-17(12)25-14)28-11-13-2-5-29-26-13/h2,5-8,16,25H,3-4,9-11H2,1H3,(H,24,27)/t16-/m1/s1. The normalized spacial score (nSPS) is 21.1. The maximum Gasteiger partial charge on any atom is 0.256 e. The number of hydrogen-bond acceptors (Lipinski definition) is 4. The fraction of sp³-hybridized carbons (Fsp3) is 0.429. The first-order chi connectivity index (χ1) is 13.8. The smallest absolute Gasteiger partial charge is 0.256 e. The van der Waals surface area contributed by atoms with Crippen LogP contribution in [0.1, 0.15) is 49.1 Å². The van der Waals surface area contributed by atoms with Gasteiger partial charge in [-0.2, -0.15) is 0 Å². The van der Waals surface area contributed by atoms with Crippen molar-refractivity contribution < 1.29 is 22.8 Å². The molecule has 0 spiro atoms. The summed E-state index contributed by atoms with van der Waals surface area (Å²) in [6.07, 6.45) is 3.09. The van der Waals surface area contributed by atoms with Gasteiger partial charge in [-0.3, -0.25) is 4.79 Å². The van der Waals surface area contributed by atoms with Gasteiger partial charge in [0.05, 0.1) is 12.5 Å². The Morgan fingerprint density at radius 2 is 2.17 bits per heavy atom. The van der Waals surface area contributed by atoms with E-state index in [1.54, 1.807) is 18.2 Å². The molecule has 0 unspecified atom stereocenters. The average Bonchev–Trinajstić information content (AvgIpc) is 3.40. The van der Waals surface area contributed by atoms with Crippen molar-refractivity contribution in [3.63, 3.8) is 0 Å². The number of rotatable bonds is 7. The van der Waals surface area contributed by atoms with Crippen molar-refractivity contribution in [2.75, 3.05) is 0 Å². The molecule has 2 aliphatic rings. The fourth-order valence-electron chi connectivity index (χ4n) is 3.55. The highest BCUT2D eigenvalue weighted by Gasteiger charge is 2.58.